The van der Waals surface area contributed by atoms with Gasteiger partial charge in [-0.25, -0.2) is 0 Å². The van der Waals surface area contributed by atoms with Crippen molar-refractivity contribution in [2.24, 2.45) is 0 Å². The van der Waals surface area contributed by atoms with Crippen molar-refractivity contribution in [1.29, 1.82) is 0 Å². The summed E-state index contributed by atoms with van der Waals surface area (Å²) < 4.78 is 5.75. The van der Waals surface area contributed by atoms with Gasteiger partial charge >= 0.3 is 0 Å². The molecule has 2 nitrogen and oxygen atoms in total. The van der Waals surface area contributed by atoms with Crippen LogP contribution in [0.25, 0.3) is 0 Å². The minimum absolute atomic E-state index is 0.740. The second-order valence-electron chi connectivity index (χ2n) is 3.96. The van der Waals surface area contributed by atoms with E-state index < -0.39 is 0 Å². The summed E-state index contributed by atoms with van der Waals surface area (Å²) in [6.07, 6.45) is 5.92. The maximum Gasteiger partial charge on any atom is 0.132 e. The molecule has 0 saturated heterocycles. The number of thioether (sulfide) groups is 1. The summed E-state index contributed by atoms with van der Waals surface area (Å²) in [5.74, 6) is 0.996. The monoisotopic (exact) mass is 253 g/mol. The third-order valence-corrected chi connectivity index (χ3v) is 3.34. The molecule has 0 bridgehead atoms. The van der Waals surface area contributed by atoms with Gasteiger partial charge in [-0.05, 0) is 31.4 Å². The molecule has 0 saturated carbocycles. The van der Waals surface area contributed by atoms with E-state index in [0.717, 1.165) is 25.4 Å². The molecule has 0 aliphatic carbocycles. The Hall–Kier alpha value is -0.670. The molecule has 0 fully saturated rings. The Morgan fingerprint density at radius 2 is 2.00 bits per heavy atom. The fourth-order valence-electron chi connectivity index (χ4n) is 1.60. The van der Waals surface area contributed by atoms with Crippen LogP contribution in [0.2, 0.25) is 0 Å². The number of benzene rings is 1. The van der Waals surface area contributed by atoms with Crippen LogP contribution in [-0.4, -0.2) is 26.0 Å². The van der Waals surface area contributed by atoms with Gasteiger partial charge in [0.2, 0.25) is 0 Å². The van der Waals surface area contributed by atoms with Crippen LogP contribution in [-0.2, 0) is 0 Å². The summed E-state index contributed by atoms with van der Waals surface area (Å²) >= 11 is 1.72. The Morgan fingerprint density at radius 1 is 1.18 bits per heavy atom. The molecule has 0 aromatic heterocycles. The highest BCUT2D eigenvalue weighted by Crippen LogP contribution is 2.26. The van der Waals surface area contributed by atoms with Gasteiger partial charge in [0.1, 0.15) is 12.4 Å². The highest BCUT2D eigenvalue weighted by atomic mass is 32.2. The second kappa shape index (κ2) is 9.37. The molecule has 1 N–H and O–H groups in total. The molecule has 1 aromatic rings. The van der Waals surface area contributed by atoms with Gasteiger partial charge in [-0.2, -0.15) is 0 Å². The lowest BCUT2D eigenvalue weighted by Crippen LogP contribution is -2.22. The fraction of sp³-hybridized carbons (Fsp3) is 0.571. The van der Waals surface area contributed by atoms with Crippen LogP contribution < -0.4 is 10.1 Å². The Bertz CT molecular complexity index is 304. The summed E-state index contributed by atoms with van der Waals surface area (Å²) in [6.45, 7) is 4.99. The van der Waals surface area contributed by atoms with E-state index in [4.69, 9.17) is 4.74 Å². The second-order valence-corrected chi connectivity index (χ2v) is 4.80. The molecule has 0 amide bonds. The predicted octanol–water partition coefficient (Wildman–Crippen LogP) is 3.57. The molecule has 0 heterocycles. The number of unbranched alkanes of at least 4 members (excludes halogenated alkanes) is 2. The third-order valence-electron chi connectivity index (χ3n) is 2.56. The van der Waals surface area contributed by atoms with E-state index in [2.05, 4.69) is 24.6 Å². The minimum atomic E-state index is 0.740. The van der Waals surface area contributed by atoms with Crippen LogP contribution in [0, 0.1) is 0 Å². The minimum Gasteiger partial charge on any atom is -0.491 e. The Labute approximate surface area is 109 Å². The van der Waals surface area contributed by atoms with E-state index in [1.807, 2.05) is 18.2 Å². The van der Waals surface area contributed by atoms with Crippen molar-refractivity contribution in [1.82, 2.24) is 5.32 Å². The maximum absolute atomic E-state index is 5.75. The highest BCUT2D eigenvalue weighted by molar-refractivity contribution is 7.98. The first-order chi connectivity index (χ1) is 8.38. The first kappa shape index (κ1) is 14.4. The number of para-hydroxylation sites is 1. The van der Waals surface area contributed by atoms with E-state index in [0.29, 0.717) is 0 Å². The van der Waals surface area contributed by atoms with Gasteiger partial charge in [-0.15, -0.1) is 11.8 Å². The lowest BCUT2D eigenvalue weighted by Gasteiger charge is -2.10. The zero-order chi connectivity index (χ0) is 12.3. The van der Waals surface area contributed by atoms with Crippen molar-refractivity contribution in [2.75, 3.05) is 26.0 Å². The fourth-order valence-corrected chi connectivity index (χ4v) is 2.14. The van der Waals surface area contributed by atoms with Crippen molar-refractivity contribution in [2.45, 2.75) is 31.1 Å². The molecule has 0 aliphatic rings. The molecule has 0 aliphatic heterocycles. The largest absolute Gasteiger partial charge is 0.491 e. The molecule has 3 heteroatoms. The molecule has 0 radical (unpaired) electrons. The number of hydrogen-bond acceptors (Lipinski definition) is 3. The average molecular weight is 253 g/mol. The highest BCUT2D eigenvalue weighted by Gasteiger charge is 2.00. The van der Waals surface area contributed by atoms with Crippen molar-refractivity contribution in [3.63, 3.8) is 0 Å². The SMILES string of the molecule is CCCCCNCCOc1ccccc1SC. The van der Waals surface area contributed by atoms with Gasteiger partial charge in [-0.3, -0.25) is 0 Å². The molecule has 1 rings (SSSR count). The van der Waals surface area contributed by atoms with Crippen LogP contribution in [0.5, 0.6) is 5.75 Å². The van der Waals surface area contributed by atoms with Gasteiger partial charge in [0, 0.05) is 11.4 Å². The van der Waals surface area contributed by atoms with Gasteiger partial charge in [0.05, 0.1) is 0 Å². The topological polar surface area (TPSA) is 21.3 Å². The zero-order valence-electron chi connectivity index (χ0n) is 10.9. The van der Waals surface area contributed by atoms with E-state index in [-0.39, 0.29) is 0 Å². The van der Waals surface area contributed by atoms with Crippen LogP contribution in [0.4, 0.5) is 0 Å². The van der Waals surface area contributed by atoms with Gasteiger partial charge in [0.25, 0.3) is 0 Å². The molecule has 96 valence electrons. The smallest absolute Gasteiger partial charge is 0.132 e. The maximum atomic E-state index is 5.75. The molecular formula is C14H23NOS. The van der Waals surface area contributed by atoms with Crippen LogP contribution >= 0.6 is 11.8 Å². The first-order valence-electron chi connectivity index (χ1n) is 6.35. The molecule has 0 unspecified atom stereocenters. The molecule has 0 spiro atoms. The van der Waals surface area contributed by atoms with Crippen LogP contribution in [0.15, 0.2) is 29.2 Å². The summed E-state index contributed by atoms with van der Waals surface area (Å²) in [5, 5.41) is 3.40. The first-order valence-corrected chi connectivity index (χ1v) is 7.57. The lowest BCUT2D eigenvalue weighted by atomic mass is 10.2. The number of hydrogen-bond donors (Lipinski definition) is 1. The van der Waals surface area contributed by atoms with Gasteiger partial charge in [0.15, 0.2) is 0 Å². The Morgan fingerprint density at radius 3 is 2.76 bits per heavy atom. The van der Waals surface area contributed by atoms with E-state index in [1.54, 1.807) is 11.8 Å². The summed E-state index contributed by atoms with van der Waals surface area (Å²) in [7, 11) is 0. The number of nitrogens with one attached hydrogen (secondary N) is 1. The van der Waals surface area contributed by atoms with Crippen molar-refractivity contribution >= 4 is 11.8 Å². The van der Waals surface area contributed by atoms with Crippen LogP contribution in [0.1, 0.15) is 26.2 Å². The average Bonchev–Trinajstić information content (AvgIpc) is 2.38. The quantitative estimate of drug-likeness (QED) is 0.537. The van der Waals surface area contributed by atoms with Gasteiger partial charge < -0.3 is 10.1 Å². The van der Waals surface area contributed by atoms with E-state index >= 15 is 0 Å². The molecular weight excluding hydrogens is 230 g/mol. The van der Waals surface area contributed by atoms with E-state index in [1.165, 1.54) is 24.2 Å². The standard InChI is InChI=1S/C14H23NOS/c1-3-4-7-10-15-11-12-16-13-8-5-6-9-14(13)17-2/h5-6,8-9,15H,3-4,7,10-12H2,1-2H3. The Kier molecular flexibility index (Phi) is 7.93. The number of rotatable bonds is 9. The van der Waals surface area contributed by atoms with Crippen LogP contribution in [0.3, 0.4) is 0 Å². The normalized spacial score (nSPS) is 10.5. The molecule has 1 aromatic carbocycles. The lowest BCUT2D eigenvalue weighted by molar-refractivity contribution is 0.307. The van der Waals surface area contributed by atoms with Crippen molar-refractivity contribution < 1.29 is 4.74 Å². The van der Waals surface area contributed by atoms with Crippen molar-refractivity contribution in [3.05, 3.63) is 24.3 Å². The van der Waals surface area contributed by atoms with Gasteiger partial charge in [-0.1, -0.05) is 31.9 Å². The summed E-state index contributed by atoms with van der Waals surface area (Å²) in [5.41, 5.74) is 0. The Balaban J connectivity index is 2.13. The van der Waals surface area contributed by atoms with Crippen molar-refractivity contribution in [3.8, 4) is 5.75 Å². The summed E-state index contributed by atoms with van der Waals surface area (Å²) in [4.78, 5) is 1.21. The molecule has 0 atom stereocenters. The third kappa shape index (κ3) is 5.99. The zero-order valence-corrected chi connectivity index (χ0v) is 11.7. The predicted molar refractivity (Wildman–Crippen MR) is 76.1 cm³/mol. The number of ether oxygens (including phenoxy) is 1. The van der Waals surface area contributed by atoms with E-state index in [9.17, 15) is 0 Å². The summed E-state index contributed by atoms with van der Waals surface area (Å²) in [6, 6.07) is 8.18. The molecule has 17 heavy (non-hydrogen) atoms.